The fraction of sp³-hybridized carbons (Fsp3) is 0.583. The summed E-state index contributed by atoms with van der Waals surface area (Å²) in [6.45, 7) is 2.55. The van der Waals surface area contributed by atoms with E-state index in [0.29, 0.717) is 6.61 Å². The van der Waals surface area contributed by atoms with E-state index < -0.39 is 11.7 Å². The summed E-state index contributed by atoms with van der Waals surface area (Å²) in [4.78, 5) is 3.97. The largest absolute Gasteiger partial charge is 0.416 e. The molecule has 0 aliphatic heterocycles. The molecule has 0 saturated heterocycles. The average Bonchev–Trinajstić information content (AvgIpc) is 2.35. The lowest BCUT2D eigenvalue weighted by Crippen LogP contribution is -2.41. The first-order chi connectivity index (χ1) is 9.42. The summed E-state index contributed by atoms with van der Waals surface area (Å²) in [6.07, 6.45) is -2.73. The first kappa shape index (κ1) is 14.9. The summed E-state index contributed by atoms with van der Waals surface area (Å²) >= 11 is 0. The zero-order chi connectivity index (χ0) is 14.8. The second-order valence-corrected chi connectivity index (χ2v) is 4.66. The summed E-state index contributed by atoms with van der Waals surface area (Å²) in [6, 6.07) is 1.93. The zero-order valence-electron chi connectivity index (χ0n) is 11.0. The predicted molar refractivity (Wildman–Crippen MR) is 69.1 cm³/mol. The van der Waals surface area contributed by atoms with Crippen LogP contribution in [0.25, 0.3) is 0 Å². The quantitative estimate of drug-likeness (QED) is 0.573. The van der Waals surface area contributed by atoms with Gasteiger partial charge in [-0.3, -0.25) is 0 Å². The number of nitrogens with two attached hydrogens (primary N) is 1. The number of ether oxygens (including phenoxy) is 1. The molecule has 1 heterocycles. The van der Waals surface area contributed by atoms with Crippen LogP contribution in [0.15, 0.2) is 12.1 Å². The van der Waals surface area contributed by atoms with Crippen LogP contribution in [0.3, 0.4) is 0 Å². The van der Waals surface area contributed by atoms with E-state index in [4.69, 9.17) is 10.6 Å². The van der Waals surface area contributed by atoms with Gasteiger partial charge in [-0.1, -0.05) is 0 Å². The molecule has 0 spiro atoms. The van der Waals surface area contributed by atoms with E-state index in [0.717, 1.165) is 25.0 Å². The highest BCUT2D eigenvalue weighted by atomic mass is 19.4. The van der Waals surface area contributed by atoms with Gasteiger partial charge in [0.2, 0.25) is 0 Å². The molecule has 1 aliphatic rings. The molecule has 5 nitrogen and oxygen atoms in total. The van der Waals surface area contributed by atoms with Gasteiger partial charge in [0.1, 0.15) is 11.6 Å². The van der Waals surface area contributed by atoms with Crippen LogP contribution in [0, 0.1) is 0 Å². The summed E-state index contributed by atoms with van der Waals surface area (Å²) < 4.78 is 43.6. The second-order valence-electron chi connectivity index (χ2n) is 4.66. The van der Waals surface area contributed by atoms with Crippen molar-refractivity contribution in [1.82, 2.24) is 4.98 Å². The van der Waals surface area contributed by atoms with Crippen LogP contribution in [-0.4, -0.2) is 23.7 Å². The molecule has 0 atom stereocenters. The number of aromatic nitrogens is 1. The van der Waals surface area contributed by atoms with Crippen LogP contribution in [-0.2, 0) is 10.9 Å². The molecule has 0 aromatic carbocycles. The Labute approximate surface area is 114 Å². The Morgan fingerprint density at radius 2 is 2.00 bits per heavy atom. The molecule has 8 heteroatoms. The van der Waals surface area contributed by atoms with E-state index in [2.05, 4.69) is 15.7 Å². The molecule has 0 bridgehead atoms. The summed E-state index contributed by atoms with van der Waals surface area (Å²) in [5, 5.41) is 2.97. The number of anilines is 2. The number of rotatable bonds is 5. The van der Waals surface area contributed by atoms with Crippen molar-refractivity contribution >= 4 is 11.6 Å². The number of hydrogen-bond donors (Lipinski definition) is 3. The number of alkyl halides is 3. The van der Waals surface area contributed by atoms with Gasteiger partial charge >= 0.3 is 6.18 Å². The maximum Gasteiger partial charge on any atom is 0.416 e. The highest BCUT2D eigenvalue weighted by Crippen LogP contribution is 2.33. The minimum atomic E-state index is -4.43. The molecule has 1 aromatic heterocycles. The smallest absolute Gasteiger partial charge is 0.378 e. The van der Waals surface area contributed by atoms with Crippen LogP contribution in [0.5, 0.6) is 0 Å². The first-order valence-electron chi connectivity index (χ1n) is 6.36. The number of pyridine rings is 1. The lowest BCUT2D eigenvalue weighted by molar-refractivity contribution is -0.137. The topological polar surface area (TPSA) is 72.2 Å². The molecule has 1 fully saturated rings. The Kier molecular flexibility index (Phi) is 4.34. The van der Waals surface area contributed by atoms with Gasteiger partial charge in [0.15, 0.2) is 0 Å². The van der Waals surface area contributed by atoms with Gasteiger partial charge in [0.05, 0.1) is 11.7 Å². The SMILES string of the molecule is CCOC1CC(Nc2cc(C(F)(F)F)cc(NN)n2)C1. The Morgan fingerprint density at radius 3 is 2.55 bits per heavy atom. The highest BCUT2D eigenvalue weighted by molar-refractivity contribution is 5.50. The zero-order valence-corrected chi connectivity index (χ0v) is 11.0. The minimum Gasteiger partial charge on any atom is -0.378 e. The lowest BCUT2D eigenvalue weighted by Gasteiger charge is -2.35. The number of hydrazine groups is 1. The third-order valence-electron chi connectivity index (χ3n) is 3.15. The molecule has 0 unspecified atom stereocenters. The van der Waals surface area contributed by atoms with E-state index in [1.807, 2.05) is 6.92 Å². The monoisotopic (exact) mass is 290 g/mol. The molecular weight excluding hydrogens is 273 g/mol. The molecule has 0 amide bonds. The third-order valence-corrected chi connectivity index (χ3v) is 3.15. The van der Waals surface area contributed by atoms with E-state index in [9.17, 15) is 13.2 Å². The Hall–Kier alpha value is -1.54. The van der Waals surface area contributed by atoms with Crippen molar-refractivity contribution in [2.24, 2.45) is 5.84 Å². The predicted octanol–water partition coefficient (Wildman–Crippen LogP) is 2.37. The van der Waals surface area contributed by atoms with Crippen molar-refractivity contribution in [3.63, 3.8) is 0 Å². The molecule has 4 N–H and O–H groups in total. The maximum absolute atomic E-state index is 12.7. The molecule has 1 aromatic rings. The fourth-order valence-corrected chi connectivity index (χ4v) is 2.11. The van der Waals surface area contributed by atoms with Gasteiger partial charge in [-0.15, -0.1) is 0 Å². The van der Waals surface area contributed by atoms with Gasteiger partial charge in [0, 0.05) is 12.6 Å². The van der Waals surface area contributed by atoms with Gasteiger partial charge in [-0.25, -0.2) is 10.8 Å². The van der Waals surface area contributed by atoms with E-state index >= 15 is 0 Å². The number of hydrogen-bond acceptors (Lipinski definition) is 5. The van der Waals surface area contributed by atoms with Gasteiger partial charge in [-0.05, 0) is 31.9 Å². The van der Waals surface area contributed by atoms with Gasteiger partial charge in [-0.2, -0.15) is 13.2 Å². The molecule has 20 heavy (non-hydrogen) atoms. The number of nitrogens with zero attached hydrogens (tertiary/aromatic N) is 1. The summed E-state index contributed by atoms with van der Waals surface area (Å²) in [5.41, 5.74) is 1.35. The van der Waals surface area contributed by atoms with E-state index in [1.54, 1.807) is 0 Å². The van der Waals surface area contributed by atoms with E-state index in [1.165, 1.54) is 0 Å². The average molecular weight is 290 g/mol. The number of nitrogen functional groups attached to an aromatic ring is 1. The van der Waals surface area contributed by atoms with Crippen LogP contribution >= 0.6 is 0 Å². The van der Waals surface area contributed by atoms with Crippen LogP contribution in [0.2, 0.25) is 0 Å². The third kappa shape index (κ3) is 3.51. The Bertz CT molecular complexity index is 461. The first-order valence-corrected chi connectivity index (χ1v) is 6.36. The minimum absolute atomic E-state index is 0.0250. The molecule has 1 aliphatic carbocycles. The number of halogens is 3. The van der Waals surface area contributed by atoms with E-state index in [-0.39, 0.29) is 23.8 Å². The van der Waals surface area contributed by atoms with Crippen LogP contribution in [0.1, 0.15) is 25.3 Å². The van der Waals surface area contributed by atoms with Crippen molar-refractivity contribution in [3.8, 4) is 0 Å². The molecule has 2 rings (SSSR count). The van der Waals surface area contributed by atoms with Gasteiger partial charge in [0.25, 0.3) is 0 Å². The molecular formula is C12H17F3N4O. The molecule has 0 radical (unpaired) electrons. The van der Waals surface area contributed by atoms with Crippen molar-refractivity contribution in [2.75, 3.05) is 17.3 Å². The molecule has 112 valence electrons. The lowest BCUT2D eigenvalue weighted by atomic mass is 9.89. The van der Waals surface area contributed by atoms with Crippen molar-refractivity contribution in [2.45, 2.75) is 38.1 Å². The highest BCUT2D eigenvalue weighted by Gasteiger charge is 2.33. The summed E-state index contributed by atoms with van der Waals surface area (Å²) in [5.74, 6) is 5.28. The second kappa shape index (κ2) is 5.84. The van der Waals surface area contributed by atoms with Crippen LogP contribution < -0.4 is 16.6 Å². The van der Waals surface area contributed by atoms with Crippen molar-refractivity contribution in [1.29, 1.82) is 0 Å². The molecule has 1 saturated carbocycles. The normalized spacial score (nSPS) is 22.2. The Morgan fingerprint density at radius 1 is 1.35 bits per heavy atom. The standard InChI is InChI=1S/C12H17F3N4O/c1-2-20-9-5-8(6-9)17-10-3-7(12(13,14)15)4-11(18-10)19-16/h3-4,8-9H,2,5-6,16H2,1H3,(H2,17,18,19). The van der Waals surface area contributed by atoms with Gasteiger partial charge < -0.3 is 15.5 Å². The fourth-order valence-electron chi connectivity index (χ4n) is 2.11. The van der Waals surface area contributed by atoms with Crippen molar-refractivity contribution in [3.05, 3.63) is 17.7 Å². The summed E-state index contributed by atoms with van der Waals surface area (Å²) in [7, 11) is 0. The number of nitrogens with one attached hydrogen (secondary N) is 2. The van der Waals surface area contributed by atoms with Crippen LogP contribution in [0.4, 0.5) is 24.8 Å². The Balaban J connectivity index is 2.05. The van der Waals surface area contributed by atoms with Crippen molar-refractivity contribution < 1.29 is 17.9 Å². The maximum atomic E-state index is 12.7.